The van der Waals surface area contributed by atoms with Crippen LogP contribution in [0.1, 0.15) is 5.56 Å². The molecule has 3 rings (SSSR count). The zero-order valence-corrected chi connectivity index (χ0v) is 16.8. The maximum Gasteiger partial charge on any atom is 0.216 e. The fourth-order valence-electron chi connectivity index (χ4n) is 3.18. The van der Waals surface area contributed by atoms with Crippen LogP contribution < -0.4 is 10.4 Å². The Hall–Kier alpha value is -2.44. The SMILES string of the molecule is O=S(=O)(CC(C#CCc1ccccc1)NO)N1CCN(c2ccc(F)cc2)CC1. The molecule has 8 heteroatoms. The summed E-state index contributed by atoms with van der Waals surface area (Å²) in [5.74, 6) is 5.10. The van der Waals surface area contributed by atoms with Crippen LogP contribution in [-0.2, 0) is 16.4 Å². The molecule has 1 heterocycles. The number of nitrogens with zero attached hydrogens (tertiary/aromatic N) is 2. The molecule has 154 valence electrons. The van der Waals surface area contributed by atoms with Crippen LogP contribution in [0.4, 0.5) is 10.1 Å². The largest absolute Gasteiger partial charge is 0.369 e. The minimum atomic E-state index is -3.58. The third-order valence-corrected chi connectivity index (χ3v) is 6.68. The van der Waals surface area contributed by atoms with Crippen LogP contribution >= 0.6 is 0 Å². The molecule has 2 N–H and O–H groups in total. The molecule has 0 aromatic heterocycles. The van der Waals surface area contributed by atoms with Gasteiger partial charge in [-0.05, 0) is 29.8 Å². The maximum absolute atomic E-state index is 13.1. The molecule has 6 nitrogen and oxygen atoms in total. The predicted octanol–water partition coefficient (Wildman–Crippen LogP) is 1.87. The van der Waals surface area contributed by atoms with Gasteiger partial charge in [0.25, 0.3) is 0 Å². The summed E-state index contributed by atoms with van der Waals surface area (Å²) < 4.78 is 39.9. The summed E-state index contributed by atoms with van der Waals surface area (Å²) in [5, 5.41) is 9.32. The normalized spacial score (nSPS) is 16.1. The average Bonchev–Trinajstić information content (AvgIpc) is 2.74. The van der Waals surface area contributed by atoms with Gasteiger partial charge in [-0.25, -0.2) is 12.8 Å². The van der Waals surface area contributed by atoms with E-state index in [0.717, 1.165) is 11.3 Å². The van der Waals surface area contributed by atoms with E-state index in [0.29, 0.717) is 32.6 Å². The van der Waals surface area contributed by atoms with Crippen LogP contribution in [0.25, 0.3) is 0 Å². The van der Waals surface area contributed by atoms with E-state index in [1.54, 1.807) is 12.1 Å². The van der Waals surface area contributed by atoms with Crippen LogP contribution in [0.15, 0.2) is 54.6 Å². The van der Waals surface area contributed by atoms with Gasteiger partial charge in [0.05, 0.1) is 5.75 Å². The van der Waals surface area contributed by atoms with Crippen molar-refractivity contribution >= 4 is 15.7 Å². The van der Waals surface area contributed by atoms with Crippen LogP contribution in [-0.4, -0.2) is 55.9 Å². The van der Waals surface area contributed by atoms with Crippen molar-refractivity contribution in [3.63, 3.8) is 0 Å². The molecule has 0 aliphatic carbocycles. The van der Waals surface area contributed by atoms with Crippen molar-refractivity contribution in [3.05, 3.63) is 66.0 Å². The molecular weight excluding hydrogens is 393 g/mol. The van der Waals surface area contributed by atoms with Gasteiger partial charge in [0.2, 0.25) is 10.0 Å². The lowest BCUT2D eigenvalue weighted by Gasteiger charge is -2.35. The molecule has 29 heavy (non-hydrogen) atoms. The van der Waals surface area contributed by atoms with Crippen molar-refractivity contribution in [2.45, 2.75) is 12.5 Å². The zero-order valence-electron chi connectivity index (χ0n) is 16.0. The van der Waals surface area contributed by atoms with Gasteiger partial charge in [-0.15, -0.1) is 0 Å². The zero-order chi connectivity index (χ0) is 20.7. The van der Waals surface area contributed by atoms with Crippen LogP contribution in [0.5, 0.6) is 0 Å². The molecule has 2 aromatic rings. The highest BCUT2D eigenvalue weighted by Crippen LogP contribution is 2.18. The highest BCUT2D eigenvalue weighted by molar-refractivity contribution is 7.89. The molecule has 1 fully saturated rings. The van der Waals surface area contributed by atoms with Gasteiger partial charge in [-0.1, -0.05) is 42.2 Å². The number of sulfonamides is 1. The summed E-state index contributed by atoms with van der Waals surface area (Å²) in [6, 6.07) is 14.9. The maximum atomic E-state index is 13.1. The van der Waals surface area contributed by atoms with Crippen molar-refractivity contribution in [1.29, 1.82) is 0 Å². The first-order valence-corrected chi connectivity index (χ1v) is 11.0. The van der Waals surface area contributed by atoms with Crippen LogP contribution in [0, 0.1) is 17.7 Å². The van der Waals surface area contributed by atoms with Gasteiger partial charge in [0.15, 0.2) is 0 Å². The number of rotatable bonds is 6. The molecule has 0 spiro atoms. The standard InChI is InChI=1S/C21H24FN3O3S/c22-19-9-11-21(12-10-19)24-13-15-25(16-14-24)29(27,28)17-20(23-26)8-4-7-18-5-2-1-3-6-18/h1-3,5-6,9-12,20,23,26H,7,13-17H2. The molecule has 0 radical (unpaired) electrons. The number of piperazine rings is 1. The summed E-state index contributed by atoms with van der Waals surface area (Å²) in [7, 11) is -3.58. The van der Waals surface area contributed by atoms with E-state index in [-0.39, 0.29) is 11.6 Å². The van der Waals surface area contributed by atoms with Crippen molar-refractivity contribution in [2.75, 3.05) is 36.8 Å². The number of hydroxylamine groups is 1. The van der Waals surface area contributed by atoms with E-state index in [1.807, 2.05) is 40.7 Å². The van der Waals surface area contributed by atoms with E-state index in [4.69, 9.17) is 0 Å². The number of nitrogens with one attached hydrogen (secondary N) is 1. The Morgan fingerprint density at radius 3 is 2.31 bits per heavy atom. The summed E-state index contributed by atoms with van der Waals surface area (Å²) in [6.07, 6.45) is 0.482. The Kier molecular flexibility index (Phi) is 7.23. The topological polar surface area (TPSA) is 72.9 Å². The van der Waals surface area contributed by atoms with Crippen molar-refractivity contribution < 1.29 is 18.0 Å². The number of halogens is 1. The second-order valence-corrected chi connectivity index (χ2v) is 8.82. The second-order valence-electron chi connectivity index (χ2n) is 6.81. The number of anilines is 1. The first-order valence-electron chi connectivity index (χ1n) is 9.38. The molecule has 1 atom stereocenters. The molecule has 1 aliphatic heterocycles. The molecule has 1 aliphatic rings. The fourth-order valence-corrected chi connectivity index (χ4v) is 4.69. The van der Waals surface area contributed by atoms with Crippen molar-refractivity contribution in [1.82, 2.24) is 9.79 Å². The Morgan fingerprint density at radius 2 is 1.69 bits per heavy atom. The van der Waals surface area contributed by atoms with E-state index < -0.39 is 16.1 Å². The molecule has 0 saturated carbocycles. The lowest BCUT2D eigenvalue weighted by atomic mass is 10.1. The van der Waals surface area contributed by atoms with Gasteiger partial charge in [0.1, 0.15) is 11.9 Å². The Morgan fingerprint density at radius 1 is 1.03 bits per heavy atom. The van der Waals surface area contributed by atoms with Gasteiger partial charge in [-0.3, -0.25) is 0 Å². The van der Waals surface area contributed by atoms with Crippen molar-refractivity contribution in [2.24, 2.45) is 0 Å². The Bertz CT molecular complexity index is 948. The first-order chi connectivity index (χ1) is 14.0. The molecule has 0 amide bonds. The van der Waals surface area contributed by atoms with Gasteiger partial charge in [0, 0.05) is 38.3 Å². The quantitative estimate of drug-likeness (QED) is 0.555. The summed E-state index contributed by atoms with van der Waals surface area (Å²) >= 11 is 0. The van der Waals surface area contributed by atoms with Gasteiger partial charge >= 0.3 is 0 Å². The van der Waals surface area contributed by atoms with Crippen molar-refractivity contribution in [3.8, 4) is 11.8 Å². The predicted molar refractivity (Wildman–Crippen MR) is 111 cm³/mol. The number of hydrogen-bond acceptors (Lipinski definition) is 5. The Labute approximate surface area is 171 Å². The van der Waals surface area contributed by atoms with Crippen LogP contribution in [0.3, 0.4) is 0 Å². The first kappa shape index (κ1) is 21.3. The lowest BCUT2D eigenvalue weighted by molar-refractivity contribution is 0.153. The molecular formula is C21H24FN3O3S. The van der Waals surface area contributed by atoms with E-state index in [9.17, 15) is 18.0 Å². The molecule has 2 aromatic carbocycles. The lowest BCUT2D eigenvalue weighted by Crippen LogP contribution is -2.51. The highest BCUT2D eigenvalue weighted by Gasteiger charge is 2.29. The third-order valence-electron chi connectivity index (χ3n) is 4.77. The number of benzene rings is 2. The summed E-state index contributed by atoms with van der Waals surface area (Å²) in [4.78, 5) is 2.02. The van der Waals surface area contributed by atoms with E-state index in [1.165, 1.54) is 16.4 Å². The Balaban J connectivity index is 1.55. The van der Waals surface area contributed by atoms with E-state index in [2.05, 4.69) is 11.8 Å². The minimum Gasteiger partial charge on any atom is -0.369 e. The summed E-state index contributed by atoms with van der Waals surface area (Å²) in [5.41, 5.74) is 3.89. The van der Waals surface area contributed by atoms with Gasteiger partial charge < -0.3 is 10.1 Å². The number of hydrogen-bond donors (Lipinski definition) is 2. The summed E-state index contributed by atoms with van der Waals surface area (Å²) in [6.45, 7) is 1.69. The average molecular weight is 418 g/mol. The fraction of sp³-hybridized carbons (Fsp3) is 0.333. The monoisotopic (exact) mass is 417 g/mol. The van der Waals surface area contributed by atoms with E-state index >= 15 is 0 Å². The smallest absolute Gasteiger partial charge is 0.216 e. The second kappa shape index (κ2) is 9.85. The molecule has 1 unspecified atom stereocenters. The van der Waals surface area contributed by atoms with Gasteiger partial charge in [-0.2, -0.15) is 9.79 Å². The molecule has 1 saturated heterocycles. The minimum absolute atomic E-state index is 0.300. The molecule has 0 bridgehead atoms. The highest BCUT2D eigenvalue weighted by atomic mass is 32.2. The third kappa shape index (κ3) is 6.02. The van der Waals surface area contributed by atoms with Crippen LogP contribution in [0.2, 0.25) is 0 Å².